The van der Waals surface area contributed by atoms with Crippen molar-refractivity contribution in [3.8, 4) is 5.75 Å². The Morgan fingerprint density at radius 1 is 1.19 bits per heavy atom. The van der Waals surface area contributed by atoms with Gasteiger partial charge in [-0.1, -0.05) is 26.8 Å². The first kappa shape index (κ1) is 27.0. The minimum atomic E-state index is -1.26. The molecule has 1 saturated heterocycles. The van der Waals surface area contributed by atoms with Crippen LogP contribution in [-0.4, -0.2) is 58.5 Å². The summed E-state index contributed by atoms with van der Waals surface area (Å²) < 4.78 is 5.35. The number of rotatable bonds is 9. The summed E-state index contributed by atoms with van der Waals surface area (Å²) in [5, 5.41) is 18.6. The van der Waals surface area contributed by atoms with Crippen molar-refractivity contribution in [1.29, 1.82) is 0 Å². The molecule has 10 nitrogen and oxygen atoms in total. The van der Waals surface area contributed by atoms with Gasteiger partial charge >= 0.3 is 5.97 Å². The molecule has 1 fully saturated rings. The molecule has 0 unspecified atom stereocenters. The lowest BCUT2D eigenvalue weighted by Crippen LogP contribution is -2.53. The summed E-state index contributed by atoms with van der Waals surface area (Å²) in [4.78, 5) is 53.6. The molecular formula is C26H36N4O6. The first-order valence-electron chi connectivity index (χ1n) is 12.0. The average Bonchev–Trinajstić information content (AvgIpc) is 3.31. The maximum Gasteiger partial charge on any atom is 0.326 e. The van der Waals surface area contributed by atoms with Gasteiger partial charge in [0, 0.05) is 22.4 Å². The predicted molar refractivity (Wildman–Crippen MR) is 135 cm³/mol. The molecule has 0 aliphatic carbocycles. The van der Waals surface area contributed by atoms with E-state index < -0.39 is 41.3 Å². The van der Waals surface area contributed by atoms with Crippen LogP contribution in [0.1, 0.15) is 64.4 Å². The van der Waals surface area contributed by atoms with Crippen molar-refractivity contribution >= 4 is 34.6 Å². The molecule has 36 heavy (non-hydrogen) atoms. The van der Waals surface area contributed by atoms with Gasteiger partial charge < -0.3 is 30.8 Å². The van der Waals surface area contributed by atoms with Gasteiger partial charge in [0.15, 0.2) is 0 Å². The van der Waals surface area contributed by atoms with Gasteiger partial charge in [0.2, 0.25) is 11.8 Å². The van der Waals surface area contributed by atoms with Crippen LogP contribution in [0, 0.1) is 11.3 Å². The monoisotopic (exact) mass is 500 g/mol. The zero-order chi connectivity index (χ0) is 26.8. The predicted octanol–water partition coefficient (Wildman–Crippen LogP) is 2.59. The molecule has 1 aliphatic heterocycles. The van der Waals surface area contributed by atoms with Gasteiger partial charge in [0.25, 0.3) is 5.91 Å². The maximum atomic E-state index is 13.2. The number of hydrogen-bond donors (Lipinski definition) is 5. The SMILES string of the molecule is COc1cccc2[nH]c(C(=O)N[C@@H](CC(C)(C)C)C(=O)N[C@@H](C[C@@H]3CC(C)(C)NC3=O)C(=O)O)cc12. The number of carbonyl (C=O) groups is 4. The topological polar surface area (TPSA) is 150 Å². The number of amides is 3. The van der Waals surface area contributed by atoms with E-state index in [1.807, 2.05) is 40.7 Å². The minimum Gasteiger partial charge on any atom is -0.496 e. The summed E-state index contributed by atoms with van der Waals surface area (Å²) in [5.74, 6) is -2.49. The van der Waals surface area contributed by atoms with Crippen LogP contribution in [0.2, 0.25) is 0 Å². The van der Waals surface area contributed by atoms with E-state index in [0.717, 1.165) is 5.39 Å². The second-order valence-corrected chi connectivity index (χ2v) is 11.3. The van der Waals surface area contributed by atoms with Gasteiger partial charge in [-0.2, -0.15) is 0 Å². The molecule has 3 amide bonds. The fourth-order valence-electron chi connectivity index (χ4n) is 4.65. The molecule has 0 bridgehead atoms. The number of aliphatic carboxylic acids is 1. The standard InChI is InChI=1S/C26H36N4O6/c1-25(2,3)13-19(29-22(32)17-11-15-16(27-17)8-7-9-20(15)36-6)23(33)28-18(24(34)35)10-14-12-26(4,5)30-21(14)31/h7-9,11,14,18-19,27H,10,12-13H2,1-6H3,(H,28,33)(H,29,32)(H,30,31)(H,34,35)/t14-,18+,19+/m1/s1. The van der Waals surface area contributed by atoms with Crippen LogP contribution in [0.5, 0.6) is 5.75 Å². The van der Waals surface area contributed by atoms with Crippen LogP contribution in [0.3, 0.4) is 0 Å². The zero-order valence-electron chi connectivity index (χ0n) is 21.7. The largest absolute Gasteiger partial charge is 0.496 e. The second kappa shape index (κ2) is 10.2. The van der Waals surface area contributed by atoms with Crippen molar-refractivity contribution in [2.24, 2.45) is 11.3 Å². The third kappa shape index (κ3) is 6.56. The lowest BCUT2D eigenvalue weighted by atomic mass is 9.87. The Morgan fingerprint density at radius 3 is 2.44 bits per heavy atom. The highest BCUT2D eigenvalue weighted by atomic mass is 16.5. The number of ether oxygens (including phenoxy) is 1. The number of aromatic amines is 1. The summed E-state index contributed by atoms with van der Waals surface area (Å²) >= 11 is 0. The van der Waals surface area contributed by atoms with E-state index in [0.29, 0.717) is 17.7 Å². The number of hydrogen-bond acceptors (Lipinski definition) is 5. The van der Waals surface area contributed by atoms with E-state index in [1.54, 1.807) is 25.3 Å². The van der Waals surface area contributed by atoms with Gasteiger partial charge in [-0.05, 0) is 56.7 Å². The van der Waals surface area contributed by atoms with Crippen molar-refractivity contribution < 1.29 is 29.0 Å². The maximum absolute atomic E-state index is 13.2. The zero-order valence-corrected chi connectivity index (χ0v) is 21.7. The summed E-state index contributed by atoms with van der Waals surface area (Å²) in [6.07, 6.45) is 0.712. The quantitative estimate of drug-likeness (QED) is 0.357. The van der Waals surface area contributed by atoms with E-state index in [-0.39, 0.29) is 29.9 Å². The molecule has 0 spiro atoms. The van der Waals surface area contributed by atoms with E-state index >= 15 is 0 Å². The normalized spacial score (nSPS) is 18.8. The number of fused-ring (bicyclic) bond motifs is 1. The van der Waals surface area contributed by atoms with Crippen LogP contribution in [0.15, 0.2) is 24.3 Å². The minimum absolute atomic E-state index is 0.0334. The molecule has 1 aromatic heterocycles. The molecule has 196 valence electrons. The van der Waals surface area contributed by atoms with Gasteiger partial charge in [-0.25, -0.2) is 4.79 Å². The van der Waals surface area contributed by atoms with E-state index in [1.165, 1.54) is 0 Å². The summed E-state index contributed by atoms with van der Waals surface area (Å²) in [6, 6.07) is 4.79. The molecule has 1 aliphatic rings. The molecule has 1 aromatic carbocycles. The lowest BCUT2D eigenvalue weighted by molar-refractivity contribution is -0.143. The van der Waals surface area contributed by atoms with Gasteiger partial charge in [0.1, 0.15) is 23.5 Å². The third-order valence-electron chi connectivity index (χ3n) is 6.25. The Bertz CT molecular complexity index is 1160. The third-order valence-corrected chi connectivity index (χ3v) is 6.25. The summed E-state index contributed by atoms with van der Waals surface area (Å²) in [6.45, 7) is 9.51. The van der Waals surface area contributed by atoms with Crippen LogP contribution in [-0.2, 0) is 14.4 Å². The number of methoxy groups -OCH3 is 1. The Hall–Kier alpha value is -3.56. The van der Waals surface area contributed by atoms with Gasteiger partial charge in [-0.15, -0.1) is 0 Å². The highest BCUT2D eigenvalue weighted by Crippen LogP contribution is 2.29. The number of nitrogens with one attached hydrogen (secondary N) is 4. The van der Waals surface area contributed by atoms with Crippen molar-refractivity contribution in [3.05, 3.63) is 30.0 Å². The molecule has 2 aromatic rings. The van der Waals surface area contributed by atoms with Gasteiger partial charge in [-0.3, -0.25) is 14.4 Å². The molecule has 3 atom stereocenters. The van der Waals surface area contributed by atoms with E-state index in [9.17, 15) is 24.3 Å². The number of carboxylic acid groups (broad SMARTS) is 1. The van der Waals surface area contributed by atoms with Crippen LogP contribution in [0.4, 0.5) is 0 Å². The highest BCUT2D eigenvalue weighted by Gasteiger charge is 2.40. The van der Waals surface area contributed by atoms with Crippen molar-refractivity contribution in [2.45, 2.75) is 71.5 Å². The molecule has 5 N–H and O–H groups in total. The second-order valence-electron chi connectivity index (χ2n) is 11.3. The molecular weight excluding hydrogens is 464 g/mol. The smallest absolute Gasteiger partial charge is 0.326 e. The number of H-pyrrole nitrogens is 1. The highest BCUT2D eigenvalue weighted by molar-refractivity contribution is 6.01. The van der Waals surface area contributed by atoms with E-state index in [4.69, 9.17) is 4.74 Å². The Kier molecular flexibility index (Phi) is 7.66. The van der Waals surface area contributed by atoms with Crippen molar-refractivity contribution in [3.63, 3.8) is 0 Å². The number of carboxylic acids is 1. The number of benzene rings is 1. The summed E-state index contributed by atoms with van der Waals surface area (Å²) in [5.41, 5.74) is 0.188. The van der Waals surface area contributed by atoms with Gasteiger partial charge in [0.05, 0.1) is 7.11 Å². The first-order valence-corrected chi connectivity index (χ1v) is 12.0. The number of aromatic nitrogens is 1. The average molecular weight is 501 g/mol. The van der Waals surface area contributed by atoms with E-state index in [2.05, 4.69) is 20.9 Å². The fraction of sp³-hybridized carbons (Fsp3) is 0.538. The van der Waals surface area contributed by atoms with Crippen LogP contribution < -0.4 is 20.7 Å². The Balaban J connectivity index is 1.77. The molecule has 0 radical (unpaired) electrons. The summed E-state index contributed by atoms with van der Waals surface area (Å²) in [7, 11) is 1.54. The van der Waals surface area contributed by atoms with Crippen LogP contribution in [0.25, 0.3) is 10.9 Å². The molecule has 2 heterocycles. The lowest BCUT2D eigenvalue weighted by Gasteiger charge is -2.27. The fourth-order valence-corrected chi connectivity index (χ4v) is 4.65. The van der Waals surface area contributed by atoms with Crippen molar-refractivity contribution in [1.82, 2.24) is 20.9 Å². The Labute approximate surface area is 210 Å². The van der Waals surface area contributed by atoms with Crippen LogP contribution >= 0.6 is 0 Å². The Morgan fingerprint density at radius 2 is 1.89 bits per heavy atom. The van der Waals surface area contributed by atoms with Crippen molar-refractivity contribution in [2.75, 3.05) is 7.11 Å². The first-order chi connectivity index (χ1) is 16.7. The molecule has 10 heteroatoms. The molecule has 0 saturated carbocycles. The number of carbonyl (C=O) groups excluding carboxylic acids is 3. The molecule has 3 rings (SSSR count).